The van der Waals surface area contributed by atoms with Crippen LogP contribution in [0.3, 0.4) is 0 Å². The molecule has 1 aliphatic rings. The van der Waals surface area contributed by atoms with Gasteiger partial charge in [0.2, 0.25) is 0 Å². The van der Waals surface area contributed by atoms with E-state index in [2.05, 4.69) is 20.4 Å². The molecule has 0 atom stereocenters. The molecule has 0 aliphatic carbocycles. The van der Waals surface area contributed by atoms with Gasteiger partial charge in [-0.2, -0.15) is 0 Å². The second kappa shape index (κ2) is 4.91. The van der Waals surface area contributed by atoms with Crippen molar-refractivity contribution in [2.24, 2.45) is 0 Å². The van der Waals surface area contributed by atoms with E-state index < -0.39 is 0 Å². The molecule has 0 N–H and O–H groups in total. The summed E-state index contributed by atoms with van der Waals surface area (Å²) >= 11 is 0. The average Bonchev–Trinajstić information content (AvgIpc) is 2.29. The Morgan fingerprint density at radius 1 is 1.35 bits per heavy atom. The smallest absolute Gasteiger partial charge is 0.134 e. The van der Waals surface area contributed by atoms with Crippen molar-refractivity contribution < 1.29 is 9.47 Å². The van der Waals surface area contributed by atoms with Gasteiger partial charge in [0.25, 0.3) is 0 Å². The number of rotatable bonds is 3. The quantitative estimate of drug-likeness (QED) is 0.729. The molecule has 2 nitrogen and oxygen atoms in total. The van der Waals surface area contributed by atoms with Gasteiger partial charge in [-0.05, 0) is 50.3 Å². The predicted molar refractivity (Wildman–Crippen MR) is 70.2 cm³/mol. The molecule has 0 saturated heterocycles. The Labute approximate surface area is 102 Å². The Balaban J connectivity index is 2.11. The van der Waals surface area contributed by atoms with Crippen molar-refractivity contribution in [1.29, 1.82) is 0 Å². The Hall–Kier alpha value is -1.96. The summed E-state index contributed by atoms with van der Waals surface area (Å²) < 4.78 is 11.1. The van der Waals surface area contributed by atoms with E-state index in [-0.39, 0.29) is 0 Å². The highest BCUT2D eigenvalue weighted by Crippen LogP contribution is 2.30. The van der Waals surface area contributed by atoms with Gasteiger partial charge in [0.15, 0.2) is 0 Å². The summed E-state index contributed by atoms with van der Waals surface area (Å²) in [6, 6.07) is 5.78. The molecular weight excluding hydrogens is 212 g/mol. The van der Waals surface area contributed by atoms with Crippen LogP contribution in [0.1, 0.15) is 19.4 Å². The zero-order valence-corrected chi connectivity index (χ0v) is 10.2. The van der Waals surface area contributed by atoms with Crippen molar-refractivity contribution in [2.75, 3.05) is 6.61 Å². The molecule has 0 radical (unpaired) electrons. The number of fused-ring (bicyclic) bond motifs is 1. The van der Waals surface area contributed by atoms with E-state index in [9.17, 15) is 0 Å². The minimum absolute atomic E-state index is 0.596. The van der Waals surface area contributed by atoms with Crippen LogP contribution in [-0.2, 0) is 0 Å². The monoisotopic (exact) mass is 228 g/mol. The zero-order chi connectivity index (χ0) is 12.3. The van der Waals surface area contributed by atoms with Crippen LogP contribution in [0.15, 0.2) is 48.3 Å². The summed E-state index contributed by atoms with van der Waals surface area (Å²) in [6.45, 7) is 8.46. The molecule has 88 valence electrons. The second-order valence-corrected chi connectivity index (χ2v) is 4.19. The largest absolute Gasteiger partial charge is 0.490 e. The average molecular weight is 228 g/mol. The number of hydrogen-bond donors (Lipinski definition) is 0. The van der Waals surface area contributed by atoms with Crippen molar-refractivity contribution in [2.45, 2.75) is 13.8 Å². The Kier molecular flexibility index (Phi) is 3.33. The van der Waals surface area contributed by atoms with E-state index in [1.54, 1.807) is 0 Å². The van der Waals surface area contributed by atoms with Crippen molar-refractivity contribution >= 4 is 6.08 Å². The number of allylic oxidation sites excluding steroid dienone is 2. The molecule has 0 unspecified atom stereocenters. The lowest BCUT2D eigenvalue weighted by Crippen LogP contribution is -1.99. The third-order valence-corrected chi connectivity index (χ3v) is 2.41. The van der Waals surface area contributed by atoms with Gasteiger partial charge in [-0.3, -0.25) is 0 Å². The summed E-state index contributed by atoms with van der Waals surface area (Å²) in [5.74, 6) is 2.34. The summed E-state index contributed by atoms with van der Waals surface area (Å²) in [5.41, 5.74) is 2.27. The zero-order valence-electron chi connectivity index (χ0n) is 10.2. The van der Waals surface area contributed by atoms with Gasteiger partial charge in [-0.15, -0.1) is 0 Å². The first-order valence-electron chi connectivity index (χ1n) is 5.60. The Morgan fingerprint density at radius 2 is 2.18 bits per heavy atom. The van der Waals surface area contributed by atoms with Crippen LogP contribution >= 0.6 is 0 Å². The van der Waals surface area contributed by atoms with Gasteiger partial charge in [-0.25, -0.2) is 0 Å². The van der Waals surface area contributed by atoms with Crippen LogP contribution in [0.4, 0.5) is 0 Å². The standard InChI is InChI=1S/C15H16O2/c1-11(2)8-9-16-14-6-7-15-13(10-14)5-4-12(3)17-15/h4-8,10H,3,9H2,1-2H3. The molecule has 0 amide bonds. The molecule has 0 spiro atoms. The van der Waals surface area contributed by atoms with Crippen LogP contribution < -0.4 is 9.47 Å². The van der Waals surface area contributed by atoms with Crippen molar-refractivity contribution in [3.8, 4) is 11.5 Å². The van der Waals surface area contributed by atoms with E-state index >= 15 is 0 Å². The Morgan fingerprint density at radius 3 is 2.94 bits per heavy atom. The van der Waals surface area contributed by atoms with Gasteiger partial charge in [0.1, 0.15) is 23.9 Å². The molecule has 1 heterocycles. The molecule has 0 saturated carbocycles. The fraction of sp³-hybridized carbons (Fsp3) is 0.200. The van der Waals surface area contributed by atoms with E-state index in [4.69, 9.17) is 9.47 Å². The molecule has 1 aliphatic heterocycles. The molecule has 2 rings (SSSR count). The van der Waals surface area contributed by atoms with Crippen LogP contribution in [0.25, 0.3) is 6.08 Å². The normalized spacial score (nSPS) is 12.7. The fourth-order valence-electron chi connectivity index (χ4n) is 1.50. The summed E-state index contributed by atoms with van der Waals surface area (Å²) in [5, 5.41) is 0. The maximum atomic E-state index is 5.62. The van der Waals surface area contributed by atoms with Crippen molar-refractivity contribution in [3.63, 3.8) is 0 Å². The lowest BCUT2D eigenvalue weighted by atomic mass is 10.1. The minimum atomic E-state index is 0.596. The fourth-order valence-corrected chi connectivity index (χ4v) is 1.50. The highest BCUT2D eigenvalue weighted by atomic mass is 16.5. The van der Waals surface area contributed by atoms with E-state index in [0.29, 0.717) is 12.4 Å². The van der Waals surface area contributed by atoms with E-state index in [1.807, 2.05) is 36.4 Å². The van der Waals surface area contributed by atoms with E-state index in [0.717, 1.165) is 17.1 Å². The summed E-state index contributed by atoms with van der Waals surface area (Å²) in [7, 11) is 0. The maximum absolute atomic E-state index is 5.62. The maximum Gasteiger partial charge on any atom is 0.134 e. The molecule has 17 heavy (non-hydrogen) atoms. The number of hydrogen-bond acceptors (Lipinski definition) is 2. The first-order chi connectivity index (χ1) is 8.15. The third kappa shape index (κ3) is 3.00. The van der Waals surface area contributed by atoms with Gasteiger partial charge in [0.05, 0.1) is 0 Å². The minimum Gasteiger partial charge on any atom is -0.490 e. The van der Waals surface area contributed by atoms with Crippen molar-refractivity contribution in [3.05, 3.63) is 53.8 Å². The van der Waals surface area contributed by atoms with E-state index in [1.165, 1.54) is 5.57 Å². The molecule has 1 aromatic rings. The topological polar surface area (TPSA) is 18.5 Å². The SMILES string of the molecule is C=C1C=Cc2cc(OCC=C(C)C)ccc2O1. The number of ether oxygens (including phenoxy) is 2. The first-order valence-corrected chi connectivity index (χ1v) is 5.60. The lowest BCUT2D eigenvalue weighted by molar-refractivity contribution is 0.360. The third-order valence-electron chi connectivity index (χ3n) is 2.41. The van der Waals surface area contributed by atoms with Gasteiger partial charge >= 0.3 is 0 Å². The summed E-state index contributed by atoms with van der Waals surface area (Å²) in [6.07, 6.45) is 5.88. The van der Waals surface area contributed by atoms with Gasteiger partial charge in [-0.1, -0.05) is 12.2 Å². The highest BCUT2D eigenvalue weighted by molar-refractivity contribution is 5.64. The first kappa shape index (κ1) is 11.5. The van der Waals surface area contributed by atoms with Crippen molar-refractivity contribution in [1.82, 2.24) is 0 Å². The van der Waals surface area contributed by atoms with Gasteiger partial charge < -0.3 is 9.47 Å². The molecule has 2 heteroatoms. The number of benzene rings is 1. The predicted octanol–water partition coefficient (Wildman–Crippen LogP) is 3.95. The Bertz CT molecular complexity index is 492. The molecule has 0 aromatic heterocycles. The van der Waals surface area contributed by atoms with Gasteiger partial charge in [0, 0.05) is 5.56 Å². The van der Waals surface area contributed by atoms with Crippen LogP contribution in [0.2, 0.25) is 0 Å². The molecule has 0 bridgehead atoms. The molecule has 1 aromatic carbocycles. The van der Waals surface area contributed by atoms with Crippen LogP contribution in [0.5, 0.6) is 11.5 Å². The highest BCUT2D eigenvalue weighted by Gasteiger charge is 2.08. The van der Waals surface area contributed by atoms with Crippen LogP contribution in [0, 0.1) is 0 Å². The molecule has 0 fully saturated rings. The second-order valence-electron chi connectivity index (χ2n) is 4.19. The molecular formula is C15H16O2. The lowest BCUT2D eigenvalue weighted by Gasteiger charge is -2.14. The van der Waals surface area contributed by atoms with Crippen LogP contribution in [-0.4, -0.2) is 6.61 Å². The summed E-state index contributed by atoms with van der Waals surface area (Å²) in [4.78, 5) is 0.